The van der Waals surface area contributed by atoms with Crippen LogP contribution in [0.15, 0.2) is 70.2 Å². The number of nitrogens with zero attached hydrogens (tertiary/aromatic N) is 1. The second-order valence-corrected chi connectivity index (χ2v) is 9.96. The number of methoxy groups -OCH3 is 1. The molecule has 1 aromatic heterocycles. The SMILES string of the molecule is COc1ccc(S(=O)(=O)N2CCOCC2)cc1NC(=O)Cc1coc2ccc3ccccc3c12. The molecule has 1 fully saturated rings. The third kappa shape index (κ3) is 4.13. The summed E-state index contributed by atoms with van der Waals surface area (Å²) in [7, 11) is -2.25. The molecule has 1 saturated heterocycles. The van der Waals surface area contributed by atoms with Gasteiger partial charge in [0.05, 0.1) is 43.6 Å². The third-order valence-corrected chi connectivity index (χ3v) is 7.84. The van der Waals surface area contributed by atoms with E-state index in [0.717, 1.165) is 21.7 Å². The number of carbonyl (C=O) groups is 1. The summed E-state index contributed by atoms with van der Waals surface area (Å²) in [6, 6.07) is 16.3. The number of morpholine rings is 1. The lowest BCUT2D eigenvalue weighted by Crippen LogP contribution is -2.40. The molecule has 1 N–H and O–H groups in total. The van der Waals surface area contributed by atoms with Crippen molar-refractivity contribution in [1.29, 1.82) is 0 Å². The van der Waals surface area contributed by atoms with Gasteiger partial charge in [-0.15, -0.1) is 0 Å². The monoisotopic (exact) mass is 480 g/mol. The molecule has 1 aliphatic rings. The minimum atomic E-state index is -3.72. The molecular weight excluding hydrogens is 456 g/mol. The fourth-order valence-corrected chi connectivity index (χ4v) is 5.69. The minimum Gasteiger partial charge on any atom is -0.495 e. The van der Waals surface area contributed by atoms with Gasteiger partial charge in [-0.3, -0.25) is 4.79 Å². The van der Waals surface area contributed by atoms with Crippen LogP contribution in [0.5, 0.6) is 5.75 Å². The van der Waals surface area contributed by atoms with Gasteiger partial charge < -0.3 is 19.2 Å². The van der Waals surface area contributed by atoms with Gasteiger partial charge >= 0.3 is 0 Å². The van der Waals surface area contributed by atoms with Gasteiger partial charge in [0.1, 0.15) is 11.3 Å². The maximum atomic E-state index is 13.1. The number of sulfonamides is 1. The van der Waals surface area contributed by atoms with Gasteiger partial charge in [-0.2, -0.15) is 4.31 Å². The van der Waals surface area contributed by atoms with Crippen molar-refractivity contribution >= 4 is 43.4 Å². The van der Waals surface area contributed by atoms with E-state index in [9.17, 15) is 13.2 Å². The molecule has 0 spiro atoms. The molecule has 1 aliphatic heterocycles. The summed E-state index contributed by atoms with van der Waals surface area (Å²) in [5.41, 5.74) is 1.75. The van der Waals surface area contributed by atoms with Gasteiger partial charge in [-0.1, -0.05) is 30.3 Å². The normalized spacial score (nSPS) is 15.0. The number of fused-ring (bicyclic) bond motifs is 3. The number of hydrogen-bond donors (Lipinski definition) is 1. The average molecular weight is 481 g/mol. The fourth-order valence-electron chi connectivity index (χ4n) is 4.25. The Kier molecular flexibility index (Phi) is 5.99. The van der Waals surface area contributed by atoms with Crippen molar-refractivity contribution in [3.8, 4) is 5.75 Å². The van der Waals surface area contributed by atoms with E-state index in [-0.39, 0.29) is 30.3 Å². The molecular formula is C25H24N2O6S. The molecule has 2 heterocycles. The highest BCUT2D eigenvalue weighted by atomic mass is 32.2. The molecule has 0 atom stereocenters. The van der Waals surface area contributed by atoms with Crippen molar-refractivity contribution < 1.29 is 27.1 Å². The van der Waals surface area contributed by atoms with Crippen LogP contribution >= 0.6 is 0 Å². The molecule has 176 valence electrons. The smallest absolute Gasteiger partial charge is 0.243 e. The number of anilines is 1. The number of nitrogens with one attached hydrogen (secondary N) is 1. The summed E-state index contributed by atoms with van der Waals surface area (Å²) in [4.78, 5) is 13.1. The first-order valence-electron chi connectivity index (χ1n) is 10.9. The Morgan fingerprint density at radius 1 is 1.09 bits per heavy atom. The largest absolute Gasteiger partial charge is 0.495 e. The zero-order valence-corrected chi connectivity index (χ0v) is 19.4. The van der Waals surface area contributed by atoms with E-state index in [2.05, 4.69) is 5.32 Å². The molecule has 9 heteroatoms. The summed E-state index contributed by atoms with van der Waals surface area (Å²) >= 11 is 0. The number of ether oxygens (including phenoxy) is 2. The zero-order chi connectivity index (χ0) is 23.7. The van der Waals surface area contributed by atoms with Gasteiger partial charge in [0.25, 0.3) is 0 Å². The van der Waals surface area contributed by atoms with E-state index in [4.69, 9.17) is 13.9 Å². The first-order chi connectivity index (χ1) is 16.5. The molecule has 5 rings (SSSR count). The molecule has 0 unspecified atom stereocenters. The van der Waals surface area contributed by atoms with Gasteiger partial charge in [0, 0.05) is 24.0 Å². The molecule has 1 amide bonds. The predicted molar refractivity (Wildman–Crippen MR) is 129 cm³/mol. The minimum absolute atomic E-state index is 0.0601. The van der Waals surface area contributed by atoms with Crippen LogP contribution in [0.2, 0.25) is 0 Å². The topological polar surface area (TPSA) is 98.1 Å². The van der Waals surface area contributed by atoms with Crippen LogP contribution in [0.3, 0.4) is 0 Å². The van der Waals surface area contributed by atoms with E-state index in [1.165, 1.54) is 23.5 Å². The summed E-state index contributed by atoms with van der Waals surface area (Å²) in [5.74, 6) is 0.0617. The standard InChI is InChI=1S/C25H24N2O6S/c1-31-22-9-7-19(34(29,30)27-10-12-32-13-11-27)15-21(22)26-24(28)14-18-16-33-23-8-6-17-4-2-3-5-20(17)25(18)23/h2-9,15-16H,10-14H2,1H3,(H,26,28). The number of carbonyl (C=O) groups excluding carboxylic acids is 1. The quantitative estimate of drug-likeness (QED) is 0.451. The lowest BCUT2D eigenvalue weighted by atomic mass is 10.0. The maximum absolute atomic E-state index is 13.1. The Balaban J connectivity index is 1.43. The van der Waals surface area contributed by atoms with Crippen LogP contribution in [-0.2, 0) is 26.0 Å². The van der Waals surface area contributed by atoms with Crippen LogP contribution in [-0.4, -0.2) is 52.0 Å². The van der Waals surface area contributed by atoms with Crippen LogP contribution < -0.4 is 10.1 Å². The summed E-state index contributed by atoms with van der Waals surface area (Å²) in [6.07, 6.45) is 1.65. The Morgan fingerprint density at radius 3 is 2.68 bits per heavy atom. The van der Waals surface area contributed by atoms with E-state index in [0.29, 0.717) is 30.2 Å². The highest BCUT2D eigenvalue weighted by Gasteiger charge is 2.27. The van der Waals surface area contributed by atoms with Crippen molar-refractivity contribution in [2.75, 3.05) is 38.7 Å². The number of rotatable bonds is 6. The number of amides is 1. The Bertz CT molecular complexity index is 1470. The molecule has 4 aromatic rings. The van der Waals surface area contributed by atoms with Gasteiger partial charge in [0.2, 0.25) is 15.9 Å². The summed E-state index contributed by atoms with van der Waals surface area (Å²) < 4.78 is 43.8. The van der Waals surface area contributed by atoms with E-state index < -0.39 is 10.0 Å². The second-order valence-electron chi connectivity index (χ2n) is 8.02. The summed E-state index contributed by atoms with van der Waals surface area (Å²) in [5, 5.41) is 5.77. The maximum Gasteiger partial charge on any atom is 0.243 e. The first-order valence-corrected chi connectivity index (χ1v) is 12.3. The van der Waals surface area contributed by atoms with Gasteiger partial charge in [-0.25, -0.2) is 8.42 Å². The Hall–Kier alpha value is -3.40. The second kappa shape index (κ2) is 9.09. The van der Waals surface area contributed by atoms with Crippen LogP contribution in [0, 0.1) is 0 Å². The van der Waals surface area contributed by atoms with Crippen molar-refractivity contribution in [3.63, 3.8) is 0 Å². The molecule has 0 bridgehead atoms. The lowest BCUT2D eigenvalue weighted by molar-refractivity contribution is -0.115. The number of benzene rings is 3. The highest BCUT2D eigenvalue weighted by Crippen LogP contribution is 2.32. The van der Waals surface area contributed by atoms with Crippen LogP contribution in [0.25, 0.3) is 21.7 Å². The lowest BCUT2D eigenvalue weighted by Gasteiger charge is -2.26. The van der Waals surface area contributed by atoms with Crippen molar-refractivity contribution in [1.82, 2.24) is 4.31 Å². The van der Waals surface area contributed by atoms with E-state index in [1.54, 1.807) is 12.3 Å². The van der Waals surface area contributed by atoms with E-state index in [1.807, 2.05) is 36.4 Å². The van der Waals surface area contributed by atoms with Crippen molar-refractivity contribution in [2.24, 2.45) is 0 Å². The Morgan fingerprint density at radius 2 is 1.88 bits per heavy atom. The molecule has 34 heavy (non-hydrogen) atoms. The molecule has 8 nitrogen and oxygen atoms in total. The fraction of sp³-hybridized carbons (Fsp3) is 0.240. The van der Waals surface area contributed by atoms with E-state index >= 15 is 0 Å². The number of furan rings is 1. The first kappa shape index (κ1) is 22.4. The highest BCUT2D eigenvalue weighted by molar-refractivity contribution is 7.89. The van der Waals surface area contributed by atoms with Crippen LogP contribution in [0.1, 0.15) is 5.56 Å². The predicted octanol–water partition coefficient (Wildman–Crippen LogP) is 3.80. The molecule has 0 aliphatic carbocycles. The third-order valence-electron chi connectivity index (χ3n) is 5.94. The molecule has 0 saturated carbocycles. The Labute approximate surface area is 197 Å². The van der Waals surface area contributed by atoms with Crippen molar-refractivity contribution in [3.05, 3.63) is 66.4 Å². The summed E-state index contributed by atoms with van der Waals surface area (Å²) in [6.45, 7) is 1.29. The van der Waals surface area contributed by atoms with Crippen molar-refractivity contribution in [2.45, 2.75) is 11.3 Å². The zero-order valence-electron chi connectivity index (χ0n) is 18.6. The average Bonchev–Trinajstić information content (AvgIpc) is 3.27. The molecule has 3 aromatic carbocycles. The van der Waals surface area contributed by atoms with Gasteiger partial charge in [-0.05, 0) is 35.0 Å². The van der Waals surface area contributed by atoms with Gasteiger partial charge in [0.15, 0.2) is 0 Å². The molecule has 0 radical (unpaired) electrons. The number of hydrogen-bond acceptors (Lipinski definition) is 6. The van der Waals surface area contributed by atoms with Crippen LogP contribution in [0.4, 0.5) is 5.69 Å².